The highest BCUT2D eigenvalue weighted by atomic mass is 19.1. The van der Waals surface area contributed by atoms with Crippen molar-refractivity contribution in [1.82, 2.24) is 5.32 Å². The van der Waals surface area contributed by atoms with Crippen molar-refractivity contribution in [2.24, 2.45) is 11.8 Å². The van der Waals surface area contributed by atoms with Crippen LogP contribution in [0.1, 0.15) is 45.7 Å². The smallest absolute Gasteiger partial charge is 0.127 e. The molecule has 2 rings (SSSR count). The minimum atomic E-state index is -0.125. The minimum absolute atomic E-state index is 0.0195. The number of hydrogen-bond acceptors (Lipinski definition) is 2. The first-order valence-electron chi connectivity index (χ1n) is 7.69. The molecule has 0 aromatic heterocycles. The largest absolute Gasteiger partial charge is 0.375 e. The van der Waals surface area contributed by atoms with Gasteiger partial charge in [-0.1, -0.05) is 32.0 Å². The minimum Gasteiger partial charge on any atom is -0.375 e. The fourth-order valence-electron chi connectivity index (χ4n) is 3.35. The van der Waals surface area contributed by atoms with Gasteiger partial charge < -0.3 is 10.1 Å². The summed E-state index contributed by atoms with van der Waals surface area (Å²) in [6.07, 6.45) is 1.42. The summed E-state index contributed by atoms with van der Waals surface area (Å²) in [5.41, 5.74) is 0.766. The van der Waals surface area contributed by atoms with E-state index in [1.165, 1.54) is 0 Å². The zero-order valence-corrected chi connectivity index (χ0v) is 12.9. The predicted molar refractivity (Wildman–Crippen MR) is 80.1 cm³/mol. The molecule has 0 aliphatic carbocycles. The van der Waals surface area contributed by atoms with Crippen molar-refractivity contribution in [3.63, 3.8) is 0 Å². The van der Waals surface area contributed by atoms with Crippen molar-refractivity contribution in [3.8, 4) is 0 Å². The van der Waals surface area contributed by atoms with Gasteiger partial charge in [0, 0.05) is 17.5 Å². The van der Waals surface area contributed by atoms with Gasteiger partial charge in [0.25, 0.3) is 0 Å². The van der Waals surface area contributed by atoms with Crippen LogP contribution in [0, 0.1) is 17.7 Å². The molecule has 1 aliphatic heterocycles. The predicted octanol–water partition coefficient (Wildman–Crippen LogP) is 3.93. The SMILES string of the molecule is CCCNC(c1ccccc1F)C1C(C)OC(C)C1C. The molecule has 1 saturated heterocycles. The van der Waals surface area contributed by atoms with Gasteiger partial charge in [-0.2, -0.15) is 0 Å². The number of benzene rings is 1. The summed E-state index contributed by atoms with van der Waals surface area (Å²) in [5, 5.41) is 3.53. The molecule has 1 heterocycles. The van der Waals surface area contributed by atoms with Gasteiger partial charge in [0.1, 0.15) is 5.82 Å². The Morgan fingerprint density at radius 1 is 1.20 bits per heavy atom. The third kappa shape index (κ3) is 3.04. The Labute approximate surface area is 121 Å². The van der Waals surface area contributed by atoms with E-state index < -0.39 is 0 Å². The highest BCUT2D eigenvalue weighted by molar-refractivity contribution is 5.23. The fourth-order valence-corrected chi connectivity index (χ4v) is 3.35. The summed E-state index contributed by atoms with van der Waals surface area (Å²) >= 11 is 0. The highest BCUT2D eigenvalue weighted by Crippen LogP contribution is 2.41. The molecule has 5 unspecified atom stereocenters. The Morgan fingerprint density at radius 3 is 2.45 bits per heavy atom. The molecule has 112 valence electrons. The quantitative estimate of drug-likeness (QED) is 0.882. The number of halogens is 1. The molecule has 2 nitrogen and oxygen atoms in total. The van der Waals surface area contributed by atoms with Crippen LogP contribution in [0.3, 0.4) is 0 Å². The Morgan fingerprint density at radius 2 is 1.90 bits per heavy atom. The van der Waals surface area contributed by atoms with Gasteiger partial charge in [-0.3, -0.25) is 0 Å². The van der Waals surface area contributed by atoms with Crippen molar-refractivity contribution in [3.05, 3.63) is 35.6 Å². The van der Waals surface area contributed by atoms with Crippen molar-refractivity contribution in [2.45, 2.75) is 52.4 Å². The number of rotatable bonds is 5. The maximum atomic E-state index is 14.2. The van der Waals surface area contributed by atoms with Crippen LogP contribution in [-0.2, 0) is 4.74 Å². The molecule has 1 N–H and O–H groups in total. The van der Waals surface area contributed by atoms with E-state index in [0.717, 1.165) is 18.5 Å². The van der Waals surface area contributed by atoms with Gasteiger partial charge in [0.05, 0.1) is 12.2 Å². The topological polar surface area (TPSA) is 21.3 Å². The first kappa shape index (κ1) is 15.5. The number of hydrogen-bond donors (Lipinski definition) is 1. The molecule has 20 heavy (non-hydrogen) atoms. The Hall–Kier alpha value is -0.930. The maximum absolute atomic E-state index is 14.2. The van der Waals surface area contributed by atoms with Crippen LogP contribution in [0.15, 0.2) is 24.3 Å². The summed E-state index contributed by atoms with van der Waals surface area (Å²) in [6, 6.07) is 7.12. The summed E-state index contributed by atoms with van der Waals surface area (Å²) < 4.78 is 20.1. The molecule has 0 radical (unpaired) electrons. The first-order valence-corrected chi connectivity index (χ1v) is 7.69. The van der Waals surface area contributed by atoms with Crippen LogP contribution in [-0.4, -0.2) is 18.8 Å². The number of ether oxygens (including phenoxy) is 1. The zero-order chi connectivity index (χ0) is 14.7. The van der Waals surface area contributed by atoms with Crippen LogP contribution in [0.25, 0.3) is 0 Å². The van der Waals surface area contributed by atoms with E-state index in [0.29, 0.717) is 11.8 Å². The van der Waals surface area contributed by atoms with E-state index in [1.54, 1.807) is 12.1 Å². The molecular formula is C17H26FNO. The van der Waals surface area contributed by atoms with Crippen molar-refractivity contribution < 1.29 is 9.13 Å². The molecular weight excluding hydrogens is 253 g/mol. The van der Waals surface area contributed by atoms with E-state index in [-0.39, 0.29) is 24.1 Å². The second kappa shape index (κ2) is 6.68. The highest BCUT2D eigenvalue weighted by Gasteiger charge is 2.42. The molecule has 5 atom stereocenters. The molecule has 1 aromatic carbocycles. The molecule has 0 saturated carbocycles. The molecule has 1 aliphatic rings. The van der Waals surface area contributed by atoms with E-state index in [2.05, 4.69) is 33.0 Å². The lowest BCUT2D eigenvalue weighted by Gasteiger charge is -2.30. The summed E-state index contributed by atoms with van der Waals surface area (Å²) in [4.78, 5) is 0. The standard InChI is InChI=1S/C17H26FNO/c1-5-10-19-17(14-8-6-7-9-15(14)18)16-11(2)12(3)20-13(16)4/h6-9,11-13,16-17,19H,5,10H2,1-4H3. The Bertz CT molecular complexity index is 437. The maximum Gasteiger partial charge on any atom is 0.127 e. The van der Waals surface area contributed by atoms with Crippen LogP contribution in [0.4, 0.5) is 4.39 Å². The van der Waals surface area contributed by atoms with Gasteiger partial charge in [-0.15, -0.1) is 0 Å². The summed E-state index contributed by atoms with van der Waals surface area (Å²) in [5.74, 6) is 0.590. The van der Waals surface area contributed by atoms with Gasteiger partial charge in [-0.05, 0) is 38.8 Å². The van der Waals surface area contributed by atoms with E-state index in [4.69, 9.17) is 4.74 Å². The van der Waals surface area contributed by atoms with Crippen LogP contribution in [0.5, 0.6) is 0 Å². The van der Waals surface area contributed by atoms with Crippen LogP contribution >= 0.6 is 0 Å². The molecule has 3 heteroatoms. The summed E-state index contributed by atoms with van der Waals surface area (Å²) in [7, 11) is 0. The zero-order valence-electron chi connectivity index (χ0n) is 12.9. The average molecular weight is 279 g/mol. The first-order chi connectivity index (χ1) is 9.56. The van der Waals surface area contributed by atoms with Gasteiger partial charge in [0.15, 0.2) is 0 Å². The Balaban J connectivity index is 2.30. The fraction of sp³-hybridized carbons (Fsp3) is 0.647. The normalized spacial score (nSPS) is 31.4. The molecule has 0 spiro atoms. The van der Waals surface area contributed by atoms with Gasteiger partial charge >= 0.3 is 0 Å². The van der Waals surface area contributed by atoms with Crippen molar-refractivity contribution >= 4 is 0 Å². The monoisotopic (exact) mass is 279 g/mol. The summed E-state index contributed by atoms with van der Waals surface area (Å²) in [6.45, 7) is 9.45. The number of nitrogens with one attached hydrogen (secondary N) is 1. The van der Waals surface area contributed by atoms with Crippen molar-refractivity contribution in [1.29, 1.82) is 0 Å². The molecule has 0 bridgehead atoms. The average Bonchev–Trinajstić information content (AvgIpc) is 2.67. The third-order valence-corrected chi connectivity index (χ3v) is 4.56. The van der Waals surface area contributed by atoms with E-state index >= 15 is 0 Å². The van der Waals surface area contributed by atoms with Gasteiger partial charge in [-0.25, -0.2) is 4.39 Å². The molecule has 1 aromatic rings. The lowest BCUT2D eigenvalue weighted by atomic mass is 9.80. The Kier molecular flexibility index (Phi) is 5.17. The second-order valence-electron chi connectivity index (χ2n) is 5.94. The van der Waals surface area contributed by atoms with Crippen LogP contribution < -0.4 is 5.32 Å². The second-order valence-corrected chi connectivity index (χ2v) is 5.94. The lowest BCUT2D eigenvalue weighted by molar-refractivity contribution is 0.0473. The van der Waals surface area contributed by atoms with Crippen molar-refractivity contribution in [2.75, 3.05) is 6.54 Å². The van der Waals surface area contributed by atoms with Crippen LogP contribution in [0.2, 0.25) is 0 Å². The van der Waals surface area contributed by atoms with E-state index in [1.807, 2.05) is 12.1 Å². The van der Waals surface area contributed by atoms with Gasteiger partial charge in [0.2, 0.25) is 0 Å². The molecule has 0 amide bonds. The molecule has 1 fully saturated rings. The third-order valence-electron chi connectivity index (χ3n) is 4.56. The lowest BCUT2D eigenvalue weighted by Crippen LogP contribution is -2.36. The van der Waals surface area contributed by atoms with E-state index in [9.17, 15) is 4.39 Å².